The summed E-state index contributed by atoms with van der Waals surface area (Å²) in [4.78, 5) is 15.7. The lowest BCUT2D eigenvalue weighted by Crippen LogP contribution is -2.01. The Morgan fingerprint density at radius 3 is 2.81 bits per heavy atom. The van der Waals surface area contributed by atoms with Crippen LogP contribution in [0.25, 0.3) is 10.9 Å². The van der Waals surface area contributed by atoms with Gasteiger partial charge in [-0.3, -0.25) is 4.79 Å². The summed E-state index contributed by atoms with van der Waals surface area (Å²) in [7, 11) is 0. The molecule has 0 atom stereocenters. The predicted octanol–water partition coefficient (Wildman–Crippen LogP) is 4.86. The highest BCUT2D eigenvalue weighted by Crippen LogP contribution is 2.25. The lowest BCUT2D eigenvalue weighted by atomic mass is 10.0. The number of aryl methyl sites for hydroxylation is 1. The fourth-order valence-electron chi connectivity index (χ4n) is 2.49. The van der Waals surface area contributed by atoms with Crippen molar-refractivity contribution in [1.29, 1.82) is 0 Å². The Hall–Kier alpha value is -1.94. The third kappa shape index (κ3) is 2.40. The first-order valence-corrected chi connectivity index (χ1v) is 7.50. The molecule has 1 N–H and O–H groups in total. The van der Waals surface area contributed by atoms with Gasteiger partial charge in [-0.1, -0.05) is 25.1 Å². The van der Waals surface area contributed by atoms with E-state index in [9.17, 15) is 9.18 Å². The van der Waals surface area contributed by atoms with E-state index in [-0.39, 0.29) is 5.78 Å². The molecule has 1 heterocycles. The van der Waals surface area contributed by atoms with Gasteiger partial charge in [-0.25, -0.2) is 4.39 Å². The molecule has 0 spiro atoms. The minimum atomic E-state index is -0.435. The molecule has 3 rings (SSSR count). The van der Waals surface area contributed by atoms with Gasteiger partial charge in [0, 0.05) is 28.2 Å². The second kappa shape index (κ2) is 5.45. The minimum absolute atomic E-state index is 0.180. The highest BCUT2D eigenvalue weighted by Gasteiger charge is 2.16. The predicted molar refractivity (Wildman–Crippen MR) is 85.2 cm³/mol. The maximum absolute atomic E-state index is 13.6. The second-order valence-corrected chi connectivity index (χ2v) is 5.71. The fraction of sp³-hybridized carbons (Fsp3) is 0.118. The van der Waals surface area contributed by atoms with Crippen LogP contribution in [0, 0.1) is 5.82 Å². The molecular formula is C17H13BrFNO. The van der Waals surface area contributed by atoms with Crippen LogP contribution >= 0.6 is 15.9 Å². The Labute approximate surface area is 130 Å². The van der Waals surface area contributed by atoms with Gasteiger partial charge in [-0.15, -0.1) is 0 Å². The van der Waals surface area contributed by atoms with Crippen molar-refractivity contribution in [2.75, 3.05) is 0 Å². The van der Waals surface area contributed by atoms with Gasteiger partial charge in [-0.05, 0) is 46.1 Å². The summed E-state index contributed by atoms with van der Waals surface area (Å²) in [6.45, 7) is 2.07. The summed E-state index contributed by atoms with van der Waals surface area (Å²) in [6, 6.07) is 10.3. The van der Waals surface area contributed by atoms with Crippen LogP contribution in [0.5, 0.6) is 0 Å². The summed E-state index contributed by atoms with van der Waals surface area (Å²) in [5, 5.41) is 0.877. The number of halogens is 2. The average Bonchev–Trinajstić information content (AvgIpc) is 2.93. The molecule has 0 aliphatic carbocycles. The average molecular weight is 346 g/mol. The van der Waals surface area contributed by atoms with Gasteiger partial charge in [-0.2, -0.15) is 0 Å². The van der Waals surface area contributed by atoms with Crippen molar-refractivity contribution in [3.63, 3.8) is 0 Å². The van der Waals surface area contributed by atoms with Crippen LogP contribution in [0.1, 0.15) is 28.4 Å². The molecule has 2 nitrogen and oxygen atoms in total. The molecule has 0 unspecified atom stereocenters. The van der Waals surface area contributed by atoms with E-state index >= 15 is 0 Å². The molecule has 3 aromatic rings. The van der Waals surface area contributed by atoms with E-state index in [1.54, 1.807) is 18.3 Å². The molecule has 0 aliphatic rings. The summed E-state index contributed by atoms with van der Waals surface area (Å²) in [5.74, 6) is -0.615. The molecule has 2 aromatic carbocycles. The molecule has 1 aromatic heterocycles. The summed E-state index contributed by atoms with van der Waals surface area (Å²) >= 11 is 3.09. The number of ketones is 1. The van der Waals surface area contributed by atoms with Gasteiger partial charge < -0.3 is 4.98 Å². The third-order valence-electron chi connectivity index (χ3n) is 3.61. The number of para-hydroxylation sites is 1. The van der Waals surface area contributed by atoms with Crippen LogP contribution in [0.15, 0.2) is 47.1 Å². The van der Waals surface area contributed by atoms with Crippen LogP contribution < -0.4 is 0 Å². The Morgan fingerprint density at radius 2 is 2.10 bits per heavy atom. The van der Waals surface area contributed by atoms with E-state index in [1.165, 1.54) is 6.07 Å². The van der Waals surface area contributed by atoms with Crippen LogP contribution in [0.4, 0.5) is 4.39 Å². The van der Waals surface area contributed by atoms with Gasteiger partial charge in [0.05, 0.1) is 4.47 Å². The first-order chi connectivity index (χ1) is 10.1. The number of hydrogen-bond donors (Lipinski definition) is 1. The SMILES string of the molecule is CCc1cccc2c(C(=O)c3ccc(Br)c(F)c3)c[nH]c12. The van der Waals surface area contributed by atoms with Crippen LogP contribution in [-0.2, 0) is 6.42 Å². The number of nitrogens with one attached hydrogen (secondary N) is 1. The van der Waals surface area contributed by atoms with Crippen molar-refractivity contribution in [2.45, 2.75) is 13.3 Å². The van der Waals surface area contributed by atoms with E-state index in [2.05, 4.69) is 27.8 Å². The maximum atomic E-state index is 13.6. The topological polar surface area (TPSA) is 32.9 Å². The molecule has 0 amide bonds. The first-order valence-electron chi connectivity index (χ1n) is 6.70. The first kappa shape index (κ1) is 14.0. The maximum Gasteiger partial charge on any atom is 0.195 e. The molecule has 0 fully saturated rings. The van der Waals surface area contributed by atoms with E-state index in [0.717, 1.165) is 22.9 Å². The summed E-state index contributed by atoms with van der Waals surface area (Å²) in [5.41, 5.74) is 3.05. The van der Waals surface area contributed by atoms with Crippen molar-refractivity contribution >= 4 is 32.6 Å². The molecule has 0 bridgehead atoms. The number of aromatic amines is 1. The van der Waals surface area contributed by atoms with Crippen LogP contribution in [-0.4, -0.2) is 10.8 Å². The van der Waals surface area contributed by atoms with E-state index < -0.39 is 5.82 Å². The molecule has 0 aliphatic heterocycles. The number of fused-ring (bicyclic) bond motifs is 1. The Bertz CT molecular complexity index is 838. The van der Waals surface area contributed by atoms with Crippen molar-refractivity contribution < 1.29 is 9.18 Å². The number of carbonyl (C=O) groups is 1. The van der Waals surface area contributed by atoms with E-state index in [4.69, 9.17) is 0 Å². The molecular weight excluding hydrogens is 333 g/mol. The quantitative estimate of drug-likeness (QED) is 0.675. The van der Waals surface area contributed by atoms with Gasteiger partial charge in [0.25, 0.3) is 0 Å². The van der Waals surface area contributed by atoms with Crippen molar-refractivity contribution in [2.24, 2.45) is 0 Å². The number of aromatic nitrogens is 1. The standard InChI is InChI=1S/C17H13BrFNO/c1-2-10-4-3-5-12-13(9-20-16(10)12)17(21)11-6-7-14(18)15(19)8-11/h3-9,20H,2H2,1H3. The molecule has 0 saturated heterocycles. The number of carbonyl (C=O) groups excluding carboxylic acids is 1. The largest absolute Gasteiger partial charge is 0.360 e. The Morgan fingerprint density at radius 1 is 1.29 bits per heavy atom. The molecule has 106 valence electrons. The highest BCUT2D eigenvalue weighted by atomic mass is 79.9. The molecule has 21 heavy (non-hydrogen) atoms. The van der Waals surface area contributed by atoms with E-state index in [0.29, 0.717) is 15.6 Å². The third-order valence-corrected chi connectivity index (χ3v) is 4.25. The zero-order valence-electron chi connectivity index (χ0n) is 11.4. The monoisotopic (exact) mass is 345 g/mol. The number of H-pyrrole nitrogens is 1. The lowest BCUT2D eigenvalue weighted by Gasteiger charge is -2.03. The molecule has 4 heteroatoms. The van der Waals surface area contributed by atoms with Gasteiger partial charge in [0.15, 0.2) is 5.78 Å². The van der Waals surface area contributed by atoms with Crippen LogP contribution in [0.3, 0.4) is 0 Å². The van der Waals surface area contributed by atoms with Gasteiger partial charge in [0.1, 0.15) is 5.82 Å². The second-order valence-electron chi connectivity index (χ2n) is 4.85. The fourth-order valence-corrected chi connectivity index (χ4v) is 2.74. The highest BCUT2D eigenvalue weighted by molar-refractivity contribution is 9.10. The zero-order valence-corrected chi connectivity index (χ0v) is 13.0. The normalized spacial score (nSPS) is 11.0. The molecule has 0 saturated carbocycles. The number of rotatable bonds is 3. The Balaban J connectivity index is 2.11. The van der Waals surface area contributed by atoms with Crippen molar-refractivity contribution in [3.05, 3.63) is 69.6 Å². The van der Waals surface area contributed by atoms with E-state index in [1.807, 2.05) is 18.2 Å². The number of benzene rings is 2. The van der Waals surface area contributed by atoms with Crippen molar-refractivity contribution in [1.82, 2.24) is 4.98 Å². The van der Waals surface area contributed by atoms with Gasteiger partial charge in [0.2, 0.25) is 0 Å². The zero-order chi connectivity index (χ0) is 15.0. The lowest BCUT2D eigenvalue weighted by molar-refractivity contribution is 0.104. The Kier molecular flexibility index (Phi) is 3.64. The smallest absolute Gasteiger partial charge is 0.195 e. The summed E-state index contributed by atoms with van der Waals surface area (Å²) < 4.78 is 14.0. The number of hydrogen-bond acceptors (Lipinski definition) is 1. The molecule has 0 radical (unpaired) electrons. The van der Waals surface area contributed by atoms with Crippen LogP contribution in [0.2, 0.25) is 0 Å². The minimum Gasteiger partial charge on any atom is -0.360 e. The van der Waals surface area contributed by atoms with Crippen molar-refractivity contribution in [3.8, 4) is 0 Å². The summed E-state index contributed by atoms with van der Waals surface area (Å²) in [6.07, 6.45) is 2.59. The van der Waals surface area contributed by atoms with Gasteiger partial charge >= 0.3 is 0 Å².